The standard InChI is InChI=1S/C30H42O4/c1-17(2)25-9-21(10-26(18(3)4)29(25)33-15-23-13-31-23)22-11-27(19(5)6)30(28(12-22)20(7)8)34-16-24-14-32-24/h9-12,17-20,23-24H,13-16H2,1-8H3. The fourth-order valence-electron chi connectivity index (χ4n) is 4.41. The van der Waals surface area contributed by atoms with Crippen molar-refractivity contribution in [1.29, 1.82) is 0 Å². The van der Waals surface area contributed by atoms with Gasteiger partial charge in [0.05, 0.1) is 13.2 Å². The molecule has 0 aromatic heterocycles. The highest BCUT2D eigenvalue weighted by atomic mass is 16.6. The monoisotopic (exact) mass is 466 g/mol. The average molecular weight is 467 g/mol. The molecule has 2 unspecified atom stereocenters. The second kappa shape index (κ2) is 10.3. The lowest BCUT2D eigenvalue weighted by Gasteiger charge is -2.24. The van der Waals surface area contributed by atoms with Crippen molar-refractivity contribution in [2.75, 3.05) is 26.4 Å². The molecular weight excluding hydrogens is 424 g/mol. The second-order valence-corrected chi connectivity index (χ2v) is 11.1. The molecule has 2 aromatic carbocycles. The first-order chi connectivity index (χ1) is 16.2. The van der Waals surface area contributed by atoms with Crippen LogP contribution in [-0.2, 0) is 9.47 Å². The van der Waals surface area contributed by atoms with Gasteiger partial charge in [0.2, 0.25) is 0 Å². The number of ether oxygens (including phenoxy) is 4. The molecule has 186 valence electrons. The Morgan fingerprint density at radius 2 is 0.853 bits per heavy atom. The highest BCUT2D eigenvalue weighted by molar-refractivity contribution is 5.72. The van der Waals surface area contributed by atoms with Crippen LogP contribution in [0.2, 0.25) is 0 Å². The molecule has 2 heterocycles. The van der Waals surface area contributed by atoms with Gasteiger partial charge >= 0.3 is 0 Å². The van der Waals surface area contributed by atoms with Crippen LogP contribution in [0.4, 0.5) is 0 Å². The van der Waals surface area contributed by atoms with E-state index in [1.54, 1.807) is 0 Å². The minimum absolute atomic E-state index is 0.246. The summed E-state index contributed by atoms with van der Waals surface area (Å²) >= 11 is 0. The van der Waals surface area contributed by atoms with Gasteiger partial charge in [0.15, 0.2) is 0 Å². The fraction of sp³-hybridized carbons (Fsp3) is 0.600. The van der Waals surface area contributed by atoms with Crippen LogP contribution in [-0.4, -0.2) is 38.6 Å². The van der Waals surface area contributed by atoms with E-state index in [9.17, 15) is 0 Å². The third kappa shape index (κ3) is 5.78. The maximum absolute atomic E-state index is 6.35. The van der Waals surface area contributed by atoms with Crippen LogP contribution >= 0.6 is 0 Å². The van der Waals surface area contributed by atoms with Gasteiger partial charge in [0.1, 0.15) is 36.9 Å². The first-order valence-electron chi connectivity index (χ1n) is 13.0. The summed E-state index contributed by atoms with van der Waals surface area (Å²) in [7, 11) is 0. The lowest BCUT2D eigenvalue weighted by Crippen LogP contribution is -2.11. The van der Waals surface area contributed by atoms with Gasteiger partial charge in [0.25, 0.3) is 0 Å². The molecule has 34 heavy (non-hydrogen) atoms. The van der Waals surface area contributed by atoms with Gasteiger partial charge in [-0.3, -0.25) is 0 Å². The van der Waals surface area contributed by atoms with E-state index in [0.29, 0.717) is 36.9 Å². The molecular formula is C30H42O4. The summed E-state index contributed by atoms with van der Waals surface area (Å²) in [6.45, 7) is 20.9. The van der Waals surface area contributed by atoms with E-state index in [0.717, 1.165) is 24.7 Å². The largest absolute Gasteiger partial charge is 0.490 e. The van der Waals surface area contributed by atoms with Gasteiger partial charge in [-0.2, -0.15) is 0 Å². The Balaban J connectivity index is 1.81. The summed E-state index contributed by atoms with van der Waals surface area (Å²) in [5.74, 6) is 3.54. The van der Waals surface area contributed by atoms with Crippen molar-refractivity contribution in [2.45, 2.75) is 91.3 Å². The number of hydrogen-bond acceptors (Lipinski definition) is 4. The highest BCUT2D eigenvalue weighted by Gasteiger charge is 2.27. The van der Waals surface area contributed by atoms with Crippen molar-refractivity contribution in [3.05, 3.63) is 46.5 Å². The van der Waals surface area contributed by atoms with Gasteiger partial charge in [-0.05, 0) is 81.3 Å². The molecule has 0 N–H and O–H groups in total. The molecule has 4 nitrogen and oxygen atoms in total. The Morgan fingerprint density at radius 3 is 1.06 bits per heavy atom. The van der Waals surface area contributed by atoms with Crippen molar-refractivity contribution >= 4 is 0 Å². The quantitative estimate of drug-likeness (QED) is 0.324. The van der Waals surface area contributed by atoms with E-state index in [4.69, 9.17) is 18.9 Å². The van der Waals surface area contributed by atoms with E-state index in [-0.39, 0.29) is 12.2 Å². The van der Waals surface area contributed by atoms with Crippen LogP contribution in [0.15, 0.2) is 24.3 Å². The minimum Gasteiger partial charge on any atom is -0.490 e. The summed E-state index contributed by atoms with van der Waals surface area (Å²) in [6.07, 6.45) is 0.492. The Bertz CT molecular complexity index is 857. The smallest absolute Gasteiger partial charge is 0.126 e. The van der Waals surface area contributed by atoms with Crippen LogP contribution in [0.1, 0.15) is 101 Å². The third-order valence-corrected chi connectivity index (χ3v) is 6.75. The molecule has 2 atom stereocenters. The van der Waals surface area contributed by atoms with E-state index in [1.807, 2.05) is 0 Å². The predicted octanol–water partition coefficient (Wildman–Crippen LogP) is 7.40. The number of hydrogen-bond donors (Lipinski definition) is 0. The second-order valence-electron chi connectivity index (χ2n) is 11.1. The predicted molar refractivity (Wildman–Crippen MR) is 139 cm³/mol. The summed E-state index contributed by atoms with van der Waals surface area (Å²) in [5, 5.41) is 0. The number of benzene rings is 2. The van der Waals surface area contributed by atoms with Crippen LogP contribution in [0.5, 0.6) is 11.5 Å². The van der Waals surface area contributed by atoms with Crippen molar-refractivity contribution in [1.82, 2.24) is 0 Å². The molecule has 0 spiro atoms. The van der Waals surface area contributed by atoms with Gasteiger partial charge in [-0.1, -0.05) is 55.4 Å². The van der Waals surface area contributed by atoms with E-state index >= 15 is 0 Å². The molecule has 0 aliphatic carbocycles. The molecule has 2 fully saturated rings. The lowest BCUT2D eigenvalue weighted by atomic mass is 9.86. The molecule has 4 rings (SSSR count). The third-order valence-electron chi connectivity index (χ3n) is 6.75. The fourth-order valence-corrected chi connectivity index (χ4v) is 4.41. The van der Waals surface area contributed by atoms with Crippen LogP contribution in [0.25, 0.3) is 11.1 Å². The van der Waals surface area contributed by atoms with Crippen LogP contribution in [0.3, 0.4) is 0 Å². The normalized spacial score (nSPS) is 19.4. The van der Waals surface area contributed by atoms with Gasteiger partial charge in [-0.25, -0.2) is 0 Å². The number of rotatable bonds is 11. The first-order valence-corrected chi connectivity index (χ1v) is 13.0. The van der Waals surface area contributed by atoms with Crippen molar-refractivity contribution in [3.8, 4) is 22.6 Å². The van der Waals surface area contributed by atoms with Crippen LogP contribution in [0, 0.1) is 0 Å². The zero-order chi connectivity index (χ0) is 24.6. The molecule has 0 amide bonds. The SMILES string of the molecule is CC(C)c1cc(-c2cc(C(C)C)c(OCC3CO3)c(C(C)C)c2)cc(C(C)C)c1OCC1CO1. The molecule has 2 aromatic rings. The molecule has 2 saturated heterocycles. The molecule has 0 radical (unpaired) electrons. The zero-order valence-electron chi connectivity index (χ0n) is 22.2. The first kappa shape index (κ1) is 25.1. The lowest BCUT2D eigenvalue weighted by molar-refractivity contribution is 0.257. The summed E-state index contributed by atoms with van der Waals surface area (Å²) in [4.78, 5) is 0. The average Bonchev–Trinajstić information content (AvgIpc) is 3.70. The maximum atomic E-state index is 6.35. The summed E-state index contributed by atoms with van der Waals surface area (Å²) < 4.78 is 23.5. The van der Waals surface area contributed by atoms with Crippen molar-refractivity contribution < 1.29 is 18.9 Å². The Kier molecular flexibility index (Phi) is 7.59. The van der Waals surface area contributed by atoms with E-state index in [1.165, 1.54) is 33.4 Å². The van der Waals surface area contributed by atoms with Crippen molar-refractivity contribution in [3.63, 3.8) is 0 Å². The molecule has 0 saturated carbocycles. The number of epoxide rings is 2. The maximum Gasteiger partial charge on any atom is 0.126 e. The molecule has 2 aliphatic heterocycles. The topological polar surface area (TPSA) is 43.5 Å². The van der Waals surface area contributed by atoms with Gasteiger partial charge in [0, 0.05) is 0 Å². The minimum atomic E-state index is 0.246. The summed E-state index contributed by atoms with van der Waals surface area (Å²) in [6, 6.07) is 9.34. The Labute approximate surface area is 205 Å². The van der Waals surface area contributed by atoms with Gasteiger partial charge < -0.3 is 18.9 Å². The Morgan fingerprint density at radius 1 is 0.588 bits per heavy atom. The molecule has 4 heteroatoms. The molecule has 2 aliphatic rings. The summed E-state index contributed by atoms with van der Waals surface area (Å²) in [5.41, 5.74) is 7.58. The highest BCUT2D eigenvalue weighted by Crippen LogP contribution is 2.43. The zero-order valence-corrected chi connectivity index (χ0v) is 22.2. The van der Waals surface area contributed by atoms with E-state index < -0.39 is 0 Å². The van der Waals surface area contributed by atoms with Gasteiger partial charge in [-0.15, -0.1) is 0 Å². The Hall–Kier alpha value is -2.04. The van der Waals surface area contributed by atoms with E-state index in [2.05, 4.69) is 79.7 Å². The van der Waals surface area contributed by atoms with Crippen molar-refractivity contribution in [2.24, 2.45) is 0 Å². The molecule has 0 bridgehead atoms. The van der Waals surface area contributed by atoms with Crippen LogP contribution < -0.4 is 9.47 Å².